The first-order valence-electron chi connectivity index (χ1n) is 7.82. The Morgan fingerprint density at radius 3 is 2.25 bits per heavy atom. The highest BCUT2D eigenvalue weighted by atomic mass is 16.6. The topological polar surface area (TPSA) is 76.7 Å². The lowest BCUT2D eigenvalue weighted by Gasteiger charge is -2.14. The monoisotopic (exact) mass is 325 g/mol. The fraction of sp³-hybridized carbons (Fsp3) is 0.263. The van der Waals surface area contributed by atoms with Crippen LogP contribution in [0.4, 0.5) is 5.69 Å². The quantitative estimate of drug-likeness (QED) is 0.503. The highest BCUT2D eigenvalue weighted by Gasteiger charge is 2.16. The predicted molar refractivity (Wildman–Crippen MR) is 97.0 cm³/mol. The number of nitrogens with two attached hydrogens (primary N) is 1. The van der Waals surface area contributed by atoms with Gasteiger partial charge in [-0.2, -0.15) is 0 Å². The zero-order valence-electron chi connectivity index (χ0n) is 14.5. The van der Waals surface area contributed by atoms with Gasteiger partial charge in [0.2, 0.25) is 6.10 Å². The van der Waals surface area contributed by atoms with Gasteiger partial charge in [-0.3, -0.25) is 4.79 Å². The van der Waals surface area contributed by atoms with Gasteiger partial charge in [-0.25, -0.2) is 0 Å². The van der Waals surface area contributed by atoms with E-state index in [4.69, 9.17) is 10.6 Å². The smallest absolute Gasteiger partial charge is 0.268 e. The Morgan fingerprint density at radius 1 is 1.08 bits per heavy atom. The lowest BCUT2D eigenvalue weighted by atomic mass is 10.1. The van der Waals surface area contributed by atoms with E-state index in [1.54, 1.807) is 6.92 Å². The van der Waals surface area contributed by atoms with Crippen LogP contribution in [0, 0.1) is 20.8 Å². The third-order valence-electron chi connectivity index (χ3n) is 3.76. The number of amidine groups is 1. The van der Waals surface area contributed by atoms with Crippen LogP contribution in [0.25, 0.3) is 0 Å². The summed E-state index contributed by atoms with van der Waals surface area (Å²) in [6.45, 7) is 7.52. The standard InChI is InChI=1S/C19H23N3O2/c1-12-8-10-16(11-9-12)18(20)22-24-15(4)19(23)21-17-13(2)6-5-7-14(17)3/h5-11,15H,1-4H3,(H2,20,22)(H,21,23). The number of rotatable bonds is 5. The summed E-state index contributed by atoms with van der Waals surface area (Å²) in [6.07, 6.45) is -0.756. The molecule has 2 aromatic carbocycles. The molecule has 2 rings (SSSR count). The van der Waals surface area contributed by atoms with Crippen LogP contribution in [0.3, 0.4) is 0 Å². The number of anilines is 1. The van der Waals surface area contributed by atoms with Gasteiger partial charge in [-0.15, -0.1) is 0 Å². The molecule has 0 heterocycles. The minimum Gasteiger partial charge on any atom is -0.381 e. The Balaban J connectivity index is 2.01. The molecule has 0 saturated heterocycles. The second-order valence-electron chi connectivity index (χ2n) is 5.85. The number of carbonyl (C=O) groups excluding carboxylic acids is 1. The Bertz CT molecular complexity index is 731. The van der Waals surface area contributed by atoms with Crippen LogP contribution in [0.5, 0.6) is 0 Å². The van der Waals surface area contributed by atoms with Crippen molar-refractivity contribution in [2.24, 2.45) is 10.9 Å². The molecular weight excluding hydrogens is 302 g/mol. The molecule has 5 heteroatoms. The van der Waals surface area contributed by atoms with E-state index in [1.807, 2.05) is 63.2 Å². The van der Waals surface area contributed by atoms with Gasteiger partial charge in [0.15, 0.2) is 5.84 Å². The van der Waals surface area contributed by atoms with E-state index in [0.717, 1.165) is 27.9 Å². The van der Waals surface area contributed by atoms with Crippen LogP contribution in [0.2, 0.25) is 0 Å². The average Bonchev–Trinajstić information content (AvgIpc) is 2.56. The number of amides is 1. The summed E-state index contributed by atoms with van der Waals surface area (Å²) in [7, 11) is 0. The van der Waals surface area contributed by atoms with Crippen molar-refractivity contribution in [1.29, 1.82) is 0 Å². The molecule has 1 amide bonds. The van der Waals surface area contributed by atoms with Crippen LogP contribution in [0.1, 0.15) is 29.2 Å². The van der Waals surface area contributed by atoms with Crippen molar-refractivity contribution < 1.29 is 9.63 Å². The van der Waals surface area contributed by atoms with Gasteiger partial charge in [0, 0.05) is 11.3 Å². The van der Waals surface area contributed by atoms with Gasteiger partial charge >= 0.3 is 0 Å². The second kappa shape index (κ2) is 7.64. The fourth-order valence-electron chi connectivity index (χ4n) is 2.20. The van der Waals surface area contributed by atoms with Crippen LogP contribution in [-0.2, 0) is 9.63 Å². The number of nitrogens with zero attached hydrogens (tertiary/aromatic N) is 1. The molecular formula is C19H23N3O2. The summed E-state index contributed by atoms with van der Waals surface area (Å²) in [5.41, 5.74) is 10.6. The Hall–Kier alpha value is -2.82. The molecule has 0 aromatic heterocycles. The molecule has 0 saturated carbocycles. The number of oxime groups is 1. The van der Waals surface area contributed by atoms with Crippen molar-refractivity contribution >= 4 is 17.4 Å². The number of nitrogens with one attached hydrogen (secondary N) is 1. The van der Waals surface area contributed by atoms with E-state index < -0.39 is 6.10 Å². The van der Waals surface area contributed by atoms with Crippen LogP contribution >= 0.6 is 0 Å². The maximum atomic E-state index is 12.3. The number of para-hydroxylation sites is 1. The second-order valence-corrected chi connectivity index (χ2v) is 5.85. The van der Waals surface area contributed by atoms with Crippen LogP contribution in [0.15, 0.2) is 47.6 Å². The zero-order valence-corrected chi connectivity index (χ0v) is 14.5. The van der Waals surface area contributed by atoms with Gasteiger partial charge in [0.05, 0.1) is 0 Å². The Labute approximate surface area is 142 Å². The molecule has 0 aliphatic rings. The van der Waals surface area contributed by atoms with E-state index in [2.05, 4.69) is 10.5 Å². The average molecular weight is 325 g/mol. The summed E-state index contributed by atoms with van der Waals surface area (Å²) in [6, 6.07) is 13.4. The molecule has 5 nitrogen and oxygen atoms in total. The molecule has 2 aromatic rings. The molecule has 0 fully saturated rings. The van der Waals surface area contributed by atoms with Gasteiger partial charge < -0.3 is 15.9 Å². The van der Waals surface area contributed by atoms with Crippen molar-refractivity contribution in [2.75, 3.05) is 5.32 Å². The van der Waals surface area contributed by atoms with Gasteiger partial charge in [-0.1, -0.05) is 53.2 Å². The maximum absolute atomic E-state index is 12.3. The van der Waals surface area contributed by atoms with E-state index in [0.29, 0.717) is 0 Å². The maximum Gasteiger partial charge on any atom is 0.268 e. The molecule has 24 heavy (non-hydrogen) atoms. The molecule has 0 spiro atoms. The van der Waals surface area contributed by atoms with Crippen LogP contribution in [-0.4, -0.2) is 17.8 Å². The number of aryl methyl sites for hydroxylation is 3. The summed E-state index contributed by atoms with van der Waals surface area (Å²) in [5.74, 6) is -0.0328. The molecule has 0 aliphatic heterocycles. The summed E-state index contributed by atoms with van der Waals surface area (Å²) < 4.78 is 0. The van der Waals surface area contributed by atoms with Crippen molar-refractivity contribution in [3.8, 4) is 0 Å². The van der Waals surface area contributed by atoms with E-state index >= 15 is 0 Å². The molecule has 3 N–H and O–H groups in total. The highest BCUT2D eigenvalue weighted by molar-refractivity contribution is 5.97. The number of benzene rings is 2. The third-order valence-corrected chi connectivity index (χ3v) is 3.76. The fourth-order valence-corrected chi connectivity index (χ4v) is 2.20. The van der Waals surface area contributed by atoms with E-state index in [-0.39, 0.29) is 11.7 Å². The first kappa shape index (κ1) is 17.5. The van der Waals surface area contributed by atoms with Crippen molar-refractivity contribution in [3.05, 3.63) is 64.7 Å². The Morgan fingerprint density at radius 2 is 1.67 bits per heavy atom. The third kappa shape index (κ3) is 4.35. The molecule has 1 atom stereocenters. The minimum absolute atomic E-state index is 0.238. The summed E-state index contributed by atoms with van der Waals surface area (Å²) in [5, 5.41) is 6.74. The van der Waals surface area contributed by atoms with Gasteiger partial charge in [0.1, 0.15) is 0 Å². The zero-order chi connectivity index (χ0) is 17.7. The molecule has 0 bridgehead atoms. The molecule has 1 unspecified atom stereocenters. The number of carbonyl (C=O) groups is 1. The summed E-state index contributed by atoms with van der Waals surface area (Å²) in [4.78, 5) is 17.5. The number of hydrogen-bond acceptors (Lipinski definition) is 3. The van der Waals surface area contributed by atoms with Crippen molar-refractivity contribution in [3.63, 3.8) is 0 Å². The SMILES string of the molecule is Cc1ccc(C(N)=NOC(C)C(=O)Nc2c(C)cccc2C)cc1. The first-order chi connectivity index (χ1) is 11.4. The van der Waals surface area contributed by atoms with Crippen molar-refractivity contribution in [1.82, 2.24) is 0 Å². The lowest BCUT2D eigenvalue weighted by Crippen LogP contribution is -2.28. The van der Waals surface area contributed by atoms with E-state index in [1.165, 1.54) is 0 Å². The van der Waals surface area contributed by atoms with Gasteiger partial charge in [0.25, 0.3) is 5.91 Å². The molecule has 0 radical (unpaired) electrons. The minimum atomic E-state index is -0.756. The highest BCUT2D eigenvalue weighted by Crippen LogP contribution is 2.19. The van der Waals surface area contributed by atoms with Crippen molar-refractivity contribution in [2.45, 2.75) is 33.8 Å². The number of hydrogen-bond donors (Lipinski definition) is 2. The largest absolute Gasteiger partial charge is 0.381 e. The summed E-state index contributed by atoms with van der Waals surface area (Å²) >= 11 is 0. The van der Waals surface area contributed by atoms with E-state index in [9.17, 15) is 4.79 Å². The predicted octanol–water partition coefficient (Wildman–Crippen LogP) is 3.28. The first-order valence-corrected chi connectivity index (χ1v) is 7.82. The normalized spacial score (nSPS) is 12.6. The lowest BCUT2D eigenvalue weighted by molar-refractivity contribution is -0.126. The Kier molecular flexibility index (Phi) is 5.58. The van der Waals surface area contributed by atoms with Crippen LogP contribution < -0.4 is 11.1 Å². The molecule has 0 aliphatic carbocycles. The molecule has 126 valence electrons. The van der Waals surface area contributed by atoms with Gasteiger partial charge in [-0.05, 0) is 38.8 Å².